The molecule has 0 spiro atoms. The SMILES string of the molecule is N[CH-]CN.[Na+]. The molecule has 0 aliphatic carbocycles. The second kappa shape index (κ2) is 8.87. The van der Waals surface area contributed by atoms with Gasteiger partial charge in [-0.05, 0) is 0 Å². The van der Waals surface area contributed by atoms with Gasteiger partial charge >= 0.3 is 29.6 Å². The zero-order valence-corrected chi connectivity index (χ0v) is 5.44. The first kappa shape index (κ1) is 9.33. The fraction of sp³-hybridized carbons (Fsp3) is 0.500. The normalized spacial score (nSPS) is 6.00. The minimum Gasteiger partial charge on any atom is -0.482 e. The molecule has 0 aliphatic rings. The molecule has 0 rings (SSSR count). The third-order valence-corrected chi connectivity index (χ3v) is 0.136. The van der Waals surface area contributed by atoms with Gasteiger partial charge < -0.3 is 11.5 Å². The second-order valence-corrected chi connectivity index (χ2v) is 0.471. The summed E-state index contributed by atoms with van der Waals surface area (Å²) in [5, 5.41) is 0. The van der Waals surface area contributed by atoms with E-state index in [1.54, 1.807) is 0 Å². The van der Waals surface area contributed by atoms with Gasteiger partial charge in [0, 0.05) is 0 Å². The van der Waals surface area contributed by atoms with Crippen molar-refractivity contribution < 1.29 is 29.6 Å². The van der Waals surface area contributed by atoms with Gasteiger partial charge in [0.25, 0.3) is 0 Å². The van der Waals surface area contributed by atoms with Gasteiger partial charge in [-0.2, -0.15) is 0 Å². The van der Waals surface area contributed by atoms with Crippen molar-refractivity contribution in [3.63, 3.8) is 0 Å². The standard InChI is InChI=1S/C2H7N2.Na/c3-1-2-4;/h1H,2-4H2;/q-1;+1. The van der Waals surface area contributed by atoms with Gasteiger partial charge in [0.1, 0.15) is 0 Å². The van der Waals surface area contributed by atoms with Gasteiger partial charge in [-0.15, -0.1) is 6.54 Å². The molecule has 0 atom stereocenters. The van der Waals surface area contributed by atoms with Crippen LogP contribution in [0.3, 0.4) is 0 Å². The third-order valence-electron chi connectivity index (χ3n) is 0.136. The molecule has 0 amide bonds. The molecule has 26 valence electrons. The van der Waals surface area contributed by atoms with Gasteiger partial charge in [0.05, 0.1) is 0 Å². The van der Waals surface area contributed by atoms with E-state index < -0.39 is 0 Å². The molecule has 2 nitrogen and oxygen atoms in total. The van der Waals surface area contributed by atoms with Crippen LogP contribution < -0.4 is 41.0 Å². The molecule has 0 radical (unpaired) electrons. The maximum Gasteiger partial charge on any atom is 1.00 e. The van der Waals surface area contributed by atoms with Crippen LogP contribution in [0.25, 0.3) is 0 Å². The van der Waals surface area contributed by atoms with Crippen molar-refractivity contribution in [3.05, 3.63) is 6.54 Å². The summed E-state index contributed by atoms with van der Waals surface area (Å²) in [6.45, 7) is 1.88. The first-order chi connectivity index (χ1) is 1.91. The van der Waals surface area contributed by atoms with Crippen LogP contribution in [0, 0.1) is 6.54 Å². The summed E-state index contributed by atoms with van der Waals surface area (Å²) in [5.41, 5.74) is 9.62. The Labute approximate surface area is 54.2 Å². The van der Waals surface area contributed by atoms with Crippen molar-refractivity contribution in [1.82, 2.24) is 0 Å². The van der Waals surface area contributed by atoms with Crippen molar-refractivity contribution in [1.29, 1.82) is 0 Å². The maximum atomic E-state index is 4.85. The Kier molecular flexibility index (Phi) is 16.5. The third kappa shape index (κ3) is 11.4. The summed E-state index contributed by atoms with van der Waals surface area (Å²) in [4.78, 5) is 0. The average molecular weight is 82.1 g/mol. The fourth-order valence-corrected chi connectivity index (χ4v) is 0. The first-order valence-electron chi connectivity index (χ1n) is 1.15. The molecule has 0 bridgehead atoms. The van der Waals surface area contributed by atoms with Crippen LogP contribution in [0.2, 0.25) is 0 Å². The van der Waals surface area contributed by atoms with Gasteiger partial charge in [0.15, 0.2) is 0 Å². The van der Waals surface area contributed by atoms with E-state index in [1.165, 1.54) is 6.54 Å². The Hall–Kier alpha value is 0.920. The van der Waals surface area contributed by atoms with Crippen LogP contribution in [0.5, 0.6) is 0 Å². The molecule has 0 aromatic carbocycles. The number of hydrogen-bond acceptors (Lipinski definition) is 2. The van der Waals surface area contributed by atoms with Crippen LogP contribution in [-0.2, 0) is 0 Å². The zero-order chi connectivity index (χ0) is 3.41. The van der Waals surface area contributed by atoms with E-state index in [0.717, 1.165) is 0 Å². The van der Waals surface area contributed by atoms with Crippen molar-refractivity contribution in [2.75, 3.05) is 6.54 Å². The summed E-state index contributed by atoms with van der Waals surface area (Å²) in [6, 6.07) is 0. The van der Waals surface area contributed by atoms with Crippen molar-refractivity contribution in [3.8, 4) is 0 Å². The van der Waals surface area contributed by atoms with Crippen LogP contribution in [0.1, 0.15) is 0 Å². The molecule has 0 saturated heterocycles. The van der Waals surface area contributed by atoms with E-state index in [-0.39, 0.29) is 29.6 Å². The van der Waals surface area contributed by atoms with E-state index in [4.69, 9.17) is 11.5 Å². The van der Waals surface area contributed by atoms with Gasteiger partial charge in [-0.25, -0.2) is 0 Å². The predicted molar refractivity (Wildman–Crippen MR) is 17.5 cm³/mol. The predicted octanol–water partition coefficient (Wildman–Crippen LogP) is -3.93. The minimum atomic E-state index is 0. The van der Waals surface area contributed by atoms with E-state index in [0.29, 0.717) is 6.54 Å². The molecule has 3 heteroatoms. The van der Waals surface area contributed by atoms with Crippen LogP contribution >= 0.6 is 0 Å². The molecule has 0 aliphatic heterocycles. The Bertz CT molecular complexity index is 9.61. The van der Waals surface area contributed by atoms with Gasteiger partial charge in [-0.1, -0.05) is 0 Å². The molecule has 0 aromatic rings. The molecular weight excluding hydrogens is 75.0 g/mol. The van der Waals surface area contributed by atoms with E-state index in [2.05, 4.69) is 0 Å². The first-order valence-corrected chi connectivity index (χ1v) is 1.15. The van der Waals surface area contributed by atoms with Gasteiger partial charge in [0.2, 0.25) is 0 Å². The van der Waals surface area contributed by atoms with Gasteiger partial charge in [-0.3, -0.25) is 6.54 Å². The molecule has 0 saturated carbocycles. The molecule has 0 heterocycles. The Morgan fingerprint density at radius 2 is 1.80 bits per heavy atom. The van der Waals surface area contributed by atoms with Crippen LogP contribution in [0.4, 0.5) is 0 Å². The molecular formula is C2H7N2Na. The maximum absolute atomic E-state index is 4.85. The number of rotatable bonds is 1. The fourth-order valence-electron chi connectivity index (χ4n) is 0. The summed E-state index contributed by atoms with van der Waals surface area (Å²) in [7, 11) is 0. The molecule has 0 aromatic heterocycles. The monoisotopic (exact) mass is 82.1 g/mol. The molecule has 5 heavy (non-hydrogen) atoms. The summed E-state index contributed by atoms with van der Waals surface area (Å²) in [6.07, 6.45) is 0. The van der Waals surface area contributed by atoms with Crippen molar-refractivity contribution >= 4 is 0 Å². The number of hydrogen-bond donors (Lipinski definition) is 2. The van der Waals surface area contributed by atoms with Crippen molar-refractivity contribution in [2.45, 2.75) is 0 Å². The Morgan fingerprint density at radius 1 is 1.60 bits per heavy atom. The average Bonchev–Trinajstić information content (AvgIpc) is 1.37. The minimum absolute atomic E-state index is 0. The van der Waals surface area contributed by atoms with E-state index >= 15 is 0 Å². The Morgan fingerprint density at radius 3 is 1.80 bits per heavy atom. The van der Waals surface area contributed by atoms with E-state index in [9.17, 15) is 0 Å². The van der Waals surface area contributed by atoms with Crippen LogP contribution in [0.15, 0.2) is 0 Å². The summed E-state index contributed by atoms with van der Waals surface area (Å²) < 4.78 is 0. The van der Waals surface area contributed by atoms with Crippen molar-refractivity contribution in [2.24, 2.45) is 11.5 Å². The molecule has 4 N–H and O–H groups in total. The summed E-state index contributed by atoms with van der Waals surface area (Å²) in [5.74, 6) is 0. The number of nitrogens with two attached hydrogens (primary N) is 2. The van der Waals surface area contributed by atoms with Crippen LogP contribution in [-0.4, -0.2) is 6.54 Å². The second-order valence-electron chi connectivity index (χ2n) is 0.471. The summed E-state index contributed by atoms with van der Waals surface area (Å²) >= 11 is 0. The Balaban J connectivity index is 0. The topological polar surface area (TPSA) is 52.0 Å². The smallest absolute Gasteiger partial charge is 0.482 e. The molecule has 0 fully saturated rings. The largest absolute Gasteiger partial charge is 1.00 e. The quantitative estimate of drug-likeness (QED) is 0.251. The molecule has 0 unspecified atom stereocenters. The zero-order valence-electron chi connectivity index (χ0n) is 3.44. The van der Waals surface area contributed by atoms with E-state index in [1.807, 2.05) is 0 Å².